The lowest BCUT2D eigenvalue weighted by Crippen LogP contribution is -2.29. The zero-order chi connectivity index (χ0) is 18.9. The van der Waals surface area contributed by atoms with Crippen molar-refractivity contribution in [1.29, 1.82) is 0 Å². The molecule has 6 nitrogen and oxygen atoms in total. The summed E-state index contributed by atoms with van der Waals surface area (Å²) in [5.41, 5.74) is 1.70. The van der Waals surface area contributed by atoms with Crippen LogP contribution in [0.25, 0.3) is 0 Å². The Bertz CT molecular complexity index is 439. The van der Waals surface area contributed by atoms with Gasteiger partial charge in [-0.3, -0.25) is 4.79 Å². The summed E-state index contributed by atoms with van der Waals surface area (Å²) in [4.78, 5) is 33.4. The van der Waals surface area contributed by atoms with Crippen LogP contribution < -0.4 is 5.32 Å². The molecule has 0 bridgehead atoms. The number of carbonyl (C=O) groups is 3. The van der Waals surface area contributed by atoms with Gasteiger partial charge < -0.3 is 19.6 Å². The van der Waals surface area contributed by atoms with Crippen LogP contribution in [0.15, 0.2) is 12.2 Å². The van der Waals surface area contributed by atoms with E-state index in [1.54, 1.807) is 6.92 Å². The Hall–Kier alpha value is -1.76. The lowest BCUT2D eigenvalue weighted by molar-refractivity contribution is -0.144. The van der Waals surface area contributed by atoms with Crippen molar-refractivity contribution < 1.29 is 23.9 Å². The maximum atomic E-state index is 11.5. The van der Waals surface area contributed by atoms with Gasteiger partial charge in [-0.05, 0) is 26.2 Å². The van der Waals surface area contributed by atoms with E-state index in [0.717, 1.165) is 44.8 Å². The van der Waals surface area contributed by atoms with Gasteiger partial charge in [0.2, 0.25) is 0 Å². The van der Waals surface area contributed by atoms with Gasteiger partial charge in [-0.1, -0.05) is 44.5 Å². The minimum Gasteiger partial charge on any atom is -0.466 e. The molecule has 0 fully saturated rings. The second-order valence-corrected chi connectivity index (χ2v) is 6.06. The maximum Gasteiger partial charge on any atom is 0.333 e. The molecule has 7 heteroatoms. The van der Waals surface area contributed by atoms with E-state index in [1.165, 1.54) is 5.49 Å². The van der Waals surface area contributed by atoms with Crippen LogP contribution in [-0.2, 0) is 23.9 Å². The van der Waals surface area contributed by atoms with E-state index in [2.05, 4.69) is 24.1 Å². The Labute approximate surface area is 155 Å². The fraction of sp³-hybridized carbons (Fsp3) is 0.667. The highest BCUT2D eigenvalue weighted by Crippen LogP contribution is 2.07. The van der Waals surface area contributed by atoms with Crippen molar-refractivity contribution in [2.75, 3.05) is 13.2 Å². The molecule has 0 radical (unpaired) electrons. The highest BCUT2D eigenvalue weighted by Gasteiger charge is 2.09. The topological polar surface area (TPSA) is 81.7 Å². The minimum absolute atomic E-state index is 0.197. The van der Waals surface area contributed by atoms with E-state index >= 15 is 0 Å². The van der Waals surface area contributed by atoms with Crippen molar-refractivity contribution in [3.63, 3.8) is 0 Å². The molecule has 0 aliphatic heterocycles. The Balaban J connectivity index is 3.41. The summed E-state index contributed by atoms with van der Waals surface area (Å²) in [6, 6.07) is -0.431. The number of aldehydes is 1. The second kappa shape index (κ2) is 15.7. The molecule has 0 aromatic rings. The van der Waals surface area contributed by atoms with E-state index in [-0.39, 0.29) is 18.4 Å². The van der Waals surface area contributed by atoms with E-state index in [4.69, 9.17) is 9.47 Å². The normalized spacial score (nSPS) is 11.2. The van der Waals surface area contributed by atoms with Crippen LogP contribution in [0.3, 0.4) is 0 Å². The number of rotatable bonds is 16. The van der Waals surface area contributed by atoms with Gasteiger partial charge in [0.25, 0.3) is 0 Å². The largest absolute Gasteiger partial charge is 0.466 e. The third-order valence-electron chi connectivity index (χ3n) is 3.49. The Morgan fingerprint density at radius 1 is 1.08 bits per heavy atom. The molecular formula is C18H29NO5S. The molecule has 142 valence electrons. The Kier molecular flexibility index (Phi) is 14.6. The zero-order valence-electron chi connectivity index (χ0n) is 15.0. The van der Waals surface area contributed by atoms with Gasteiger partial charge in [-0.2, -0.15) is 0 Å². The van der Waals surface area contributed by atoms with Gasteiger partial charge in [-0.15, -0.1) is 0 Å². The minimum atomic E-state index is -0.431. The third-order valence-corrected chi connectivity index (χ3v) is 3.63. The number of hydrogen-bond acceptors (Lipinski definition) is 6. The van der Waals surface area contributed by atoms with Crippen LogP contribution in [0, 0.1) is 0 Å². The lowest BCUT2D eigenvalue weighted by Gasteiger charge is -2.09. The standard InChI is InChI=1S/C18H29NO5S/c1-15(2)18(22)24-12-8-6-4-3-5-7-11-23-17(21)10-9-16(13-20)19-14-25/h13-14,16H,1,3-12H2,2H3,(H,19,25). The first-order valence-corrected chi connectivity index (χ1v) is 9.11. The molecule has 0 aromatic heterocycles. The monoisotopic (exact) mass is 371 g/mol. The van der Waals surface area contributed by atoms with E-state index < -0.39 is 6.04 Å². The highest BCUT2D eigenvalue weighted by molar-refractivity contribution is 7.78. The molecule has 1 N–H and O–H groups in total. The van der Waals surface area contributed by atoms with Gasteiger partial charge in [0.05, 0.1) is 24.7 Å². The molecule has 0 saturated carbocycles. The predicted molar refractivity (Wildman–Crippen MR) is 100 cm³/mol. The molecule has 1 atom stereocenters. The summed E-state index contributed by atoms with van der Waals surface area (Å²) >= 11 is 4.60. The molecule has 0 rings (SSSR count). The average Bonchev–Trinajstić information content (AvgIpc) is 2.59. The van der Waals surface area contributed by atoms with Crippen molar-refractivity contribution in [2.24, 2.45) is 0 Å². The molecule has 0 amide bonds. The van der Waals surface area contributed by atoms with Crippen LogP contribution in [0.5, 0.6) is 0 Å². The van der Waals surface area contributed by atoms with Crippen LogP contribution >= 0.6 is 12.2 Å². The van der Waals surface area contributed by atoms with Crippen LogP contribution in [0.2, 0.25) is 0 Å². The molecule has 0 saturated heterocycles. The van der Waals surface area contributed by atoms with Gasteiger partial charge in [0.1, 0.15) is 6.29 Å². The summed E-state index contributed by atoms with van der Waals surface area (Å²) < 4.78 is 10.1. The van der Waals surface area contributed by atoms with Crippen molar-refractivity contribution in [3.05, 3.63) is 12.2 Å². The maximum absolute atomic E-state index is 11.5. The Morgan fingerprint density at radius 2 is 1.64 bits per heavy atom. The smallest absolute Gasteiger partial charge is 0.333 e. The summed E-state index contributed by atoms with van der Waals surface area (Å²) in [6.07, 6.45) is 7.09. The van der Waals surface area contributed by atoms with Gasteiger partial charge in [0, 0.05) is 12.0 Å². The first kappa shape index (κ1) is 23.2. The second-order valence-electron chi connectivity index (χ2n) is 5.82. The number of thiocarbonyl (C=S) groups is 1. The fourth-order valence-electron chi connectivity index (χ4n) is 2.01. The molecule has 0 aliphatic rings. The molecule has 0 heterocycles. The van der Waals surface area contributed by atoms with E-state index in [0.29, 0.717) is 25.2 Å². The zero-order valence-corrected chi connectivity index (χ0v) is 15.8. The molecule has 25 heavy (non-hydrogen) atoms. The number of ether oxygens (including phenoxy) is 2. The van der Waals surface area contributed by atoms with Crippen molar-refractivity contribution in [2.45, 2.75) is 64.3 Å². The van der Waals surface area contributed by atoms with Crippen molar-refractivity contribution >= 4 is 35.9 Å². The van der Waals surface area contributed by atoms with Crippen LogP contribution in [0.1, 0.15) is 58.3 Å². The number of esters is 2. The van der Waals surface area contributed by atoms with Crippen molar-refractivity contribution in [1.82, 2.24) is 5.32 Å². The molecular weight excluding hydrogens is 342 g/mol. The quantitative estimate of drug-likeness (QED) is 0.147. The lowest BCUT2D eigenvalue weighted by atomic mass is 10.1. The number of hydrogen-bond donors (Lipinski definition) is 1. The third kappa shape index (κ3) is 14.3. The molecule has 0 aliphatic carbocycles. The molecule has 1 unspecified atom stereocenters. The fourth-order valence-corrected chi connectivity index (χ4v) is 2.18. The number of carbonyl (C=O) groups excluding carboxylic acids is 3. The first-order chi connectivity index (χ1) is 12.0. The molecule has 0 spiro atoms. The summed E-state index contributed by atoms with van der Waals surface area (Å²) in [7, 11) is 0. The summed E-state index contributed by atoms with van der Waals surface area (Å²) in [5, 5.41) is 2.69. The number of nitrogens with one attached hydrogen (secondary N) is 1. The summed E-state index contributed by atoms with van der Waals surface area (Å²) in [5.74, 6) is -0.628. The van der Waals surface area contributed by atoms with Gasteiger partial charge in [-0.25, -0.2) is 4.79 Å². The highest BCUT2D eigenvalue weighted by atomic mass is 32.1. The van der Waals surface area contributed by atoms with Crippen molar-refractivity contribution in [3.8, 4) is 0 Å². The number of unbranched alkanes of at least 4 members (excludes halogenated alkanes) is 5. The van der Waals surface area contributed by atoms with Crippen LogP contribution in [-0.4, -0.2) is 43.0 Å². The first-order valence-electron chi connectivity index (χ1n) is 8.64. The summed E-state index contributed by atoms with van der Waals surface area (Å²) in [6.45, 7) is 5.99. The van der Waals surface area contributed by atoms with E-state index in [9.17, 15) is 14.4 Å². The van der Waals surface area contributed by atoms with Gasteiger partial charge >= 0.3 is 11.9 Å². The predicted octanol–water partition coefficient (Wildman–Crippen LogP) is 2.88. The van der Waals surface area contributed by atoms with E-state index in [1.807, 2.05) is 0 Å². The van der Waals surface area contributed by atoms with Crippen LogP contribution in [0.4, 0.5) is 0 Å². The average molecular weight is 371 g/mol. The van der Waals surface area contributed by atoms with Gasteiger partial charge in [0.15, 0.2) is 0 Å². The SMILES string of the molecule is C=C(C)C(=O)OCCCCCCCCOC(=O)CCC(C=O)NC=S. The Morgan fingerprint density at radius 3 is 2.16 bits per heavy atom. The molecule has 0 aromatic carbocycles.